The first-order valence-electron chi connectivity index (χ1n) is 12.9. The molecule has 1 aromatic carbocycles. The van der Waals surface area contributed by atoms with E-state index in [2.05, 4.69) is 41.0 Å². The predicted molar refractivity (Wildman–Crippen MR) is 140 cm³/mol. The second kappa shape index (κ2) is 11.1. The van der Waals surface area contributed by atoms with Crippen molar-refractivity contribution in [3.05, 3.63) is 48.2 Å². The summed E-state index contributed by atoms with van der Waals surface area (Å²) in [5, 5.41) is 3.14. The number of rotatable bonds is 8. The highest BCUT2D eigenvalue weighted by Gasteiger charge is 2.34. The van der Waals surface area contributed by atoms with E-state index >= 15 is 0 Å². The predicted octanol–water partition coefficient (Wildman–Crippen LogP) is 5.53. The van der Waals surface area contributed by atoms with Gasteiger partial charge in [0.1, 0.15) is 5.75 Å². The number of pyridine rings is 1. The van der Waals surface area contributed by atoms with Gasteiger partial charge in [0.25, 0.3) is 0 Å². The van der Waals surface area contributed by atoms with Crippen molar-refractivity contribution in [3.8, 4) is 11.6 Å². The van der Waals surface area contributed by atoms with Gasteiger partial charge in [-0.1, -0.05) is 58.2 Å². The quantitative estimate of drug-likeness (QED) is 0.522. The Labute approximate surface area is 209 Å². The topological polar surface area (TPSA) is 92.8 Å². The Hall–Kier alpha value is -3.09. The standard InChI is InChI=1S/C28H39N5O2/c1-28(2,3)14-15-30-25(34)17-24(20-10-6-4-7-11-20)33-19-21-16-26(31-18-23(21)32-27(33)29)35-22-12-8-5-9-13-22/h5,8-9,12-13,16,18,20,24H,4,6-7,10-11,14-15,17,19H2,1-3H3,(H2,29,32)(H,30,34). The molecule has 35 heavy (non-hydrogen) atoms. The second-order valence-corrected chi connectivity index (χ2v) is 11.0. The maximum atomic E-state index is 13.0. The number of nitrogens with two attached hydrogens (primary N) is 1. The molecule has 1 aromatic heterocycles. The summed E-state index contributed by atoms with van der Waals surface area (Å²) >= 11 is 0. The Bertz CT molecular complexity index is 1030. The number of nitrogens with one attached hydrogen (secondary N) is 1. The van der Waals surface area contributed by atoms with Gasteiger partial charge in [0.15, 0.2) is 5.96 Å². The summed E-state index contributed by atoms with van der Waals surface area (Å²) in [4.78, 5) is 24.2. The van der Waals surface area contributed by atoms with Crippen LogP contribution in [0.5, 0.6) is 11.6 Å². The smallest absolute Gasteiger partial charge is 0.222 e. The summed E-state index contributed by atoms with van der Waals surface area (Å²) < 4.78 is 5.95. The number of guanidine groups is 1. The molecule has 0 bridgehead atoms. The van der Waals surface area contributed by atoms with Crippen LogP contribution in [0, 0.1) is 11.3 Å². The number of fused-ring (bicyclic) bond motifs is 1. The molecule has 1 aliphatic heterocycles. The number of para-hydroxylation sites is 1. The van der Waals surface area contributed by atoms with Crippen molar-refractivity contribution in [3.63, 3.8) is 0 Å². The van der Waals surface area contributed by atoms with E-state index in [-0.39, 0.29) is 17.4 Å². The zero-order valence-electron chi connectivity index (χ0n) is 21.3. The van der Waals surface area contributed by atoms with Crippen molar-refractivity contribution in [2.75, 3.05) is 6.54 Å². The largest absolute Gasteiger partial charge is 0.439 e. The third-order valence-corrected chi connectivity index (χ3v) is 6.96. The molecule has 1 atom stereocenters. The summed E-state index contributed by atoms with van der Waals surface area (Å²) in [5.41, 5.74) is 8.44. The van der Waals surface area contributed by atoms with Crippen LogP contribution in [-0.2, 0) is 11.3 Å². The molecule has 1 fully saturated rings. The minimum absolute atomic E-state index is 0.0218. The number of ether oxygens (including phenoxy) is 1. The molecule has 1 amide bonds. The van der Waals surface area contributed by atoms with Crippen molar-refractivity contribution in [2.45, 2.75) is 78.3 Å². The highest BCUT2D eigenvalue weighted by molar-refractivity contribution is 5.85. The van der Waals surface area contributed by atoms with Crippen LogP contribution in [0.15, 0.2) is 47.6 Å². The third-order valence-electron chi connectivity index (χ3n) is 6.96. The van der Waals surface area contributed by atoms with Crippen LogP contribution in [0.3, 0.4) is 0 Å². The molecule has 0 saturated heterocycles. The Morgan fingerprint density at radius 3 is 2.66 bits per heavy atom. The lowest BCUT2D eigenvalue weighted by molar-refractivity contribution is -0.122. The lowest BCUT2D eigenvalue weighted by atomic mass is 9.81. The Morgan fingerprint density at radius 2 is 1.94 bits per heavy atom. The van der Waals surface area contributed by atoms with Crippen LogP contribution >= 0.6 is 0 Å². The lowest BCUT2D eigenvalue weighted by Crippen LogP contribution is -2.51. The molecule has 7 nitrogen and oxygen atoms in total. The van der Waals surface area contributed by atoms with Gasteiger partial charge >= 0.3 is 0 Å². The van der Waals surface area contributed by atoms with Gasteiger partial charge in [-0.2, -0.15) is 0 Å². The average molecular weight is 478 g/mol. The molecule has 1 unspecified atom stereocenters. The van der Waals surface area contributed by atoms with Crippen molar-refractivity contribution < 1.29 is 9.53 Å². The van der Waals surface area contributed by atoms with Crippen molar-refractivity contribution in [1.29, 1.82) is 0 Å². The molecule has 0 radical (unpaired) electrons. The molecule has 2 aromatic rings. The molecular formula is C28H39N5O2. The van der Waals surface area contributed by atoms with Crippen molar-refractivity contribution >= 4 is 17.6 Å². The van der Waals surface area contributed by atoms with E-state index in [4.69, 9.17) is 10.5 Å². The Kier molecular flexibility index (Phi) is 7.93. The zero-order valence-corrected chi connectivity index (χ0v) is 21.3. The molecule has 7 heteroatoms. The van der Waals surface area contributed by atoms with Gasteiger partial charge in [0, 0.05) is 37.2 Å². The first kappa shape index (κ1) is 25.0. The molecule has 4 rings (SSSR count). The summed E-state index contributed by atoms with van der Waals surface area (Å²) in [6.45, 7) is 7.86. The Balaban J connectivity index is 1.50. The molecular weight excluding hydrogens is 438 g/mol. The number of nitrogens with zero attached hydrogens (tertiary/aromatic N) is 3. The van der Waals surface area contributed by atoms with Gasteiger partial charge in [0.2, 0.25) is 11.8 Å². The van der Waals surface area contributed by atoms with Gasteiger partial charge in [-0.05, 0) is 42.7 Å². The minimum atomic E-state index is 0.0218. The van der Waals surface area contributed by atoms with Crippen molar-refractivity contribution in [1.82, 2.24) is 15.2 Å². The monoisotopic (exact) mass is 477 g/mol. The number of hydrogen-bond acceptors (Lipinski definition) is 6. The summed E-state index contributed by atoms with van der Waals surface area (Å²) in [6.07, 6.45) is 9.00. The van der Waals surface area contributed by atoms with E-state index in [9.17, 15) is 4.79 Å². The van der Waals surface area contributed by atoms with E-state index in [0.717, 1.165) is 36.3 Å². The second-order valence-electron chi connectivity index (χ2n) is 11.0. The molecule has 1 saturated carbocycles. The van der Waals surface area contributed by atoms with Gasteiger partial charge in [-0.15, -0.1) is 0 Å². The van der Waals surface area contributed by atoms with Crippen LogP contribution < -0.4 is 15.8 Å². The van der Waals surface area contributed by atoms with E-state index in [0.29, 0.717) is 37.3 Å². The molecule has 3 N–H and O–H groups in total. The third kappa shape index (κ3) is 6.96. The van der Waals surface area contributed by atoms with E-state index in [1.165, 1.54) is 19.3 Å². The van der Waals surface area contributed by atoms with E-state index in [1.54, 1.807) is 6.20 Å². The molecule has 188 valence electrons. The average Bonchev–Trinajstić information content (AvgIpc) is 2.83. The number of carbonyl (C=O) groups excluding carboxylic acids is 1. The van der Waals surface area contributed by atoms with Gasteiger partial charge in [0.05, 0.1) is 11.9 Å². The van der Waals surface area contributed by atoms with E-state index < -0.39 is 0 Å². The molecule has 2 aliphatic rings. The fraction of sp³-hybridized carbons (Fsp3) is 0.536. The van der Waals surface area contributed by atoms with Crippen LogP contribution in [-0.4, -0.2) is 34.3 Å². The number of aromatic nitrogens is 1. The van der Waals surface area contributed by atoms with Gasteiger partial charge < -0.3 is 20.7 Å². The summed E-state index contributed by atoms with van der Waals surface area (Å²) in [7, 11) is 0. The molecule has 1 aliphatic carbocycles. The van der Waals surface area contributed by atoms with Crippen LogP contribution in [0.2, 0.25) is 0 Å². The van der Waals surface area contributed by atoms with Gasteiger partial charge in [-0.25, -0.2) is 9.98 Å². The fourth-order valence-corrected chi connectivity index (χ4v) is 4.99. The molecule has 0 spiro atoms. The maximum absolute atomic E-state index is 13.0. The fourth-order valence-electron chi connectivity index (χ4n) is 4.99. The maximum Gasteiger partial charge on any atom is 0.222 e. The normalized spacial score (nSPS) is 17.3. The number of hydrogen-bond donors (Lipinski definition) is 2. The first-order chi connectivity index (χ1) is 16.8. The summed E-state index contributed by atoms with van der Waals surface area (Å²) in [6, 6.07) is 11.6. The summed E-state index contributed by atoms with van der Waals surface area (Å²) in [5.74, 6) is 2.25. The SMILES string of the molecule is CC(C)(C)CCNC(=O)CC(C1CCCCC1)N1Cc2cc(Oc3ccccc3)ncc2N=C1N. The number of aliphatic imine (C=N–C) groups is 1. The highest BCUT2D eigenvalue weighted by atomic mass is 16.5. The number of amides is 1. The zero-order chi connectivity index (χ0) is 24.8. The van der Waals surface area contributed by atoms with Gasteiger partial charge in [-0.3, -0.25) is 4.79 Å². The minimum Gasteiger partial charge on any atom is -0.439 e. The van der Waals surface area contributed by atoms with Crippen LogP contribution in [0.1, 0.15) is 71.3 Å². The van der Waals surface area contributed by atoms with Crippen molar-refractivity contribution in [2.24, 2.45) is 22.1 Å². The van der Waals surface area contributed by atoms with Crippen LogP contribution in [0.4, 0.5) is 5.69 Å². The van der Waals surface area contributed by atoms with Crippen LogP contribution in [0.25, 0.3) is 0 Å². The van der Waals surface area contributed by atoms with E-state index in [1.807, 2.05) is 36.4 Å². The Morgan fingerprint density at radius 1 is 1.20 bits per heavy atom. The number of carbonyl (C=O) groups is 1. The highest BCUT2D eigenvalue weighted by Crippen LogP contribution is 2.35. The molecule has 2 heterocycles. The number of benzene rings is 1. The lowest BCUT2D eigenvalue weighted by Gasteiger charge is -2.41. The first-order valence-corrected chi connectivity index (χ1v) is 12.9.